The van der Waals surface area contributed by atoms with E-state index in [1.54, 1.807) is 0 Å². The Morgan fingerprint density at radius 3 is 2.44 bits per heavy atom. The van der Waals surface area contributed by atoms with E-state index in [0.717, 1.165) is 0 Å². The highest BCUT2D eigenvalue weighted by Crippen LogP contribution is 2.13. The summed E-state index contributed by atoms with van der Waals surface area (Å²) in [5.41, 5.74) is 6.66. The van der Waals surface area contributed by atoms with Gasteiger partial charge in [0.2, 0.25) is 0 Å². The summed E-state index contributed by atoms with van der Waals surface area (Å²) in [5.74, 6) is -2.15. The predicted octanol–water partition coefficient (Wildman–Crippen LogP) is -0.211. The van der Waals surface area contributed by atoms with Crippen molar-refractivity contribution in [1.82, 2.24) is 5.48 Å². The van der Waals surface area contributed by atoms with Crippen molar-refractivity contribution in [1.29, 1.82) is 0 Å². The smallest absolute Gasteiger partial charge is 0.414 e. The van der Waals surface area contributed by atoms with Gasteiger partial charge in [0, 0.05) is 6.42 Å². The number of rotatable bonds is 6. The number of hydrogen-bond donors (Lipinski definition) is 3. The van der Waals surface area contributed by atoms with E-state index in [0.29, 0.717) is 0 Å². The van der Waals surface area contributed by atoms with Crippen molar-refractivity contribution in [2.75, 3.05) is 6.61 Å². The molecule has 1 atom stereocenters. The zero-order chi connectivity index (χ0) is 12.8. The fourth-order valence-corrected chi connectivity index (χ4v) is 0.675. The molecule has 0 aliphatic heterocycles. The number of nitrogens with one attached hydrogen (secondary N) is 1. The SMILES string of the molecule is NC(CCC(=O)O)C(=O)NOCC(F)(F)F. The van der Waals surface area contributed by atoms with Crippen LogP contribution < -0.4 is 11.2 Å². The van der Waals surface area contributed by atoms with E-state index in [-0.39, 0.29) is 12.8 Å². The van der Waals surface area contributed by atoms with Crippen LogP contribution in [0.15, 0.2) is 0 Å². The highest BCUT2D eigenvalue weighted by molar-refractivity contribution is 5.81. The molecule has 0 radical (unpaired) electrons. The van der Waals surface area contributed by atoms with Crippen molar-refractivity contribution in [3.05, 3.63) is 0 Å². The normalized spacial score (nSPS) is 13.2. The van der Waals surface area contributed by atoms with Crippen LogP contribution in [0.2, 0.25) is 0 Å². The van der Waals surface area contributed by atoms with Gasteiger partial charge < -0.3 is 10.8 Å². The number of carbonyl (C=O) groups is 2. The fourth-order valence-electron chi connectivity index (χ4n) is 0.675. The molecule has 1 unspecified atom stereocenters. The van der Waals surface area contributed by atoms with Gasteiger partial charge in [-0.1, -0.05) is 0 Å². The van der Waals surface area contributed by atoms with Crippen LogP contribution in [0.1, 0.15) is 12.8 Å². The molecule has 6 nitrogen and oxygen atoms in total. The average molecular weight is 244 g/mol. The number of amides is 1. The average Bonchev–Trinajstić information content (AvgIpc) is 2.11. The van der Waals surface area contributed by atoms with Gasteiger partial charge in [-0.3, -0.25) is 14.4 Å². The Morgan fingerprint density at radius 1 is 1.44 bits per heavy atom. The van der Waals surface area contributed by atoms with E-state index >= 15 is 0 Å². The molecular weight excluding hydrogens is 233 g/mol. The minimum absolute atomic E-state index is 0.184. The largest absolute Gasteiger partial charge is 0.481 e. The number of hydroxylamine groups is 1. The van der Waals surface area contributed by atoms with Crippen molar-refractivity contribution >= 4 is 11.9 Å². The maximum atomic E-state index is 11.6. The van der Waals surface area contributed by atoms with Gasteiger partial charge in [0.05, 0.1) is 6.04 Å². The number of carboxylic acid groups (broad SMARTS) is 1. The van der Waals surface area contributed by atoms with Gasteiger partial charge >= 0.3 is 12.1 Å². The Bertz CT molecular complexity index is 257. The number of carbonyl (C=O) groups excluding carboxylic acids is 1. The summed E-state index contributed by atoms with van der Waals surface area (Å²) in [7, 11) is 0. The lowest BCUT2D eigenvalue weighted by atomic mass is 10.1. The third-order valence-corrected chi connectivity index (χ3v) is 1.41. The van der Waals surface area contributed by atoms with Crippen LogP contribution in [0, 0.1) is 0 Å². The van der Waals surface area contributed by atoms with Crippen LogP contribution in [0.4, 0.5) is 13.2 Å². The molecule has 0 aromatic rings. The van der Waals surface area contributed by atoms with E-state index in [1.165, 1.54) is 5.48 Å². The predicted molar refractivity (Wildman–Crippen MR) is 45.0 cm³/mol. The maximum absolute atomic E-state index is 11.6. The first-order chi connectivity index (χ1) is 7.22. The number of aliphatic carboxylic acids is 1. The van der Waals surface area contributed by atoms with Gasteiger partial charge in [-0.05, 0) is 6.42 Å². The topological polar surface area (TPSA) is 102 Å². The Morgan fingerprint density at radius 2 is 2.00 bits per heavy atom. The molecular formula is C7H11F3N2O4. The Labute approximate surface area is 88.5 Å². The standard InChI is InChI=1S/C7H11F3N2O4/c8-7(9,10)3-16-12-6(15)4(11)1-2-5(13)14/h4H,1-3,11H2,(H,12,15)(H,13,14). The first-order valence-electron chi connectivity index (χ1n) is 4.18. The number of alkyl halides is 3. The first-order valence-corrected chi connectivity index (χ1v) is 4.18. The molecule has 94 valence electrons. The van der Waals surface area contributed by atoms with E-state index in [2.05, 4.69) is 4.84 Å². The number of carboxylic acids is 1. The van der Waals surface area contributed by atoms with Gasteiger partial charge in [-0.25, -0.2) is 5.48 Å². The highest BCUT2D eigenvalue weighted by atomic mass is 19.4. The second-order valence-corrected chi connectivity index (χ2v) is 2.91. The molecule has 0 saturated carbocycles. The molecule has 0 aromatic heterocycles. The summed E-state index contributed by atoms with van der Waals surface area (Å²) >= 11 is 0. The van der Waals surface area contributed by atoms with Gasteiger partial charge in [-0.15, -0.1) is 0 Å². The number of hydrogen-bond acceptors (Lipinski definition) is 4. The zero-order valence-electron chi connectivity index (χ0n) is 8.08. The number of halogens is 3. The highest BCUT2D eigenvalue weighted by Gasteiger charge is 2.28. The molecule has 0 spiro atoms. The first kappa shape index (κ1) is 14.6. The second-order valence-electron chi connectivity index (χ2n) is 2.91. The molecule has 4 N–H and O–H groups in total. The van der Waals surface area contributed by atoms with Crippen LogP contribution in [-0.4, -0.2) is 35.8 Å². The second kappa shape index (κ2) is 6.28. The molecule has 1 amide bonds. The van der Waals surface area contributed by atoms with Crippen LogP contribution in [0.3, 0.4) is 0 Å². The summed E-state index contributed by atoms with van der Waals surface area (Å²) in [6.07, 6.45) is -5.09. The molecule has 0 fully saturated rings. The van der Waals surface area contributed by atoms with Crippen molar-refractivity contribution in [3.8, 4) is 0 Å². The van der Waals surface area contributed by atoms with Crippen molar-refractivity contribution in [3.63, 3.8) is 0 Å². The molecule has 0 aliphatic carbocycles. The maximum Gasteiger partial charge on any atom is 0.414 e. The summed E-state index contributed by atoms with van der Waals surface area (Å²) in [5, 5.41) is 8.26. The molecule has 0 rings (SSSR count). The molecule has 16 heavy (non-hydrogen) atoms. The lowest BCUT2D eigenvalue weighted by Crippen LogP contribution is -2.42. The molecule has 0 heterocycles. The minimum atomic E-state index is -4.56. The van der Waals surface area contributed by atoms with Gasteiger partial charge in [0.1, 0.15) is 0 Å². The molecule has 0 bridgehead atoms. The molecule has 0 saturated heterocycles. The summed E-state index contributed by atoms with van der Waals surface area (Å²) in [4.78, 5) is 24.9. The van der Waals surface area contributed by atoms with Crippen molar-refractivity contribution in [2.45, 2.75) is 25.1 Å². The van der Waals surface area contributed by atoms with E-state index in [1.807, 2.05) is 0 Å². The van der Waals surface area contributed by atoms with Crippen molar-refractivity contribution < 1.29 is 32.7 Å². The summed E-state index contributed by atoms with van der Waals surface area (Å²) in [6.45, 7) is -1.63. The fraction of sp³-hybridized carbons (Fsp3) is 0.714. The quantitative estimate of drug-likeness (QED) is 0.561. The Kier molecular flexibility index (Phi) is 5.75. The van der Waals surface area contributed by atoms with Crippen molar-refractivity contribution in [2.24, 2.45) is 5.73 Å². The van der Waals surface area contributed by atoms with Gasteiger partial charge in [0.15, 0.2) is 6.61 Å². The Balaban J connectivity index is 3.75. The van der Waals surface area contributed by atoms with Gasteiger partial charge in [0.25, 0.3) is 5.91 Å². The van der Waals surface area contributed by atoms with Crippen LogP contribution in [-0.2, 0) is 14.4 Å². The Hall–Kier alpha value is -1.35. The van der Waals surface area contributed by atoms with Crippen LogP contribution >= 0.6 is 0 Å². The monoisotopic (exact) mass is 244 g/mol. The third kappa shape index (κ3) is 8.00. The lowest BCUT2D eigenvalue weighted by molar-refractivity contribution is -0.192. The minimum Gasteiger partial charge on any atom is -0.481 e. The summed E-state index contributed by atoms with van der Waals surface area (Å²) in [6, 6.07) is -1.22. The zero-order valence-corrected chi connectivity index (χ0v) is 8.08. The number of nitrogens with two attached hydrogens (primary N) is 1. The van der Waals surface area contributed by atoms with Crippen LogP contribution in [0.5, 0.6) is 0 Å². The van der Waals surface area contributed by atoms with Gasteiger partial charge in [-0.2, -0.15) is 13.2 Å². The summed E-state index contributed by atoms with van der Waals surface area (Å²) < 4.78 is 34.7. The van der Waals surface area contributed by atoms with E-state index < -0.39 is 30.7 Å². The van der Waals surface area contributed by atoms with E-state index in [4.69, 9.17) is 10.8 Å². The molecule has 0 aliphatic rings. The molecule has 0 aromatic carbocycles. The van der Waals surface area contributed by atoms with E-state index in [9.17, 15) is 22.8 Å². The molecule has 9 heteroatoms. The van der Waals surface area contributed by atoms with Crippen LogP contribution in [0.25, 0.3) is 0 Å². The lowest BCUT2D eigenvalue weighted by Gasteiger charge is -2.12. The third-order valence-electron chi connectivity index (χ3n) is 1.41.